The van der Waals surface area contributed by atoms with Gasteiger partial charge in [-0.2, -0.15) is 0 Å². The lowest BCUT2D eigenvalue weighted by Gasteiger charge is -2.36. The number of rotatable bonds is 3. The van der Waals surface area contributed by atoms with E-state index in [9.17, 15) is 15.0 Å². The monoisotopic (exact) mass is 234 g/mol. The lowest BCUT2D eigenvalue weighted by atomic mass is 9.99. The second kappa shape index (κ2) is 5.37. The first-order valence-electron chi connectivity index (χ1n) is 4.64. The average molecular weight is 234 g/mol. The van der Waals surface area contributed by atoms with Gasteiger partial charge >= 0.3 is 5.97 Å². The molecule has 0 radical (unpaired) electrons. The fourth-order valence-corrected chi connectivity index (χ4v) is 1.28. The van der Waals surface area contributed by atoms with Crippen molar-refractivity contribution in [2.75, 3.05) is 6.61 Å². The zero-order valence-electron chi connectivity index (χ0n) is 8.39. The van der Waals surface area contributed by atoms with E-state index in [0.29, 0.717) is 0 Å². The van der Waals surface area contributed by atoms with E-state index < -0.39 is 36.7 Å². The summed E-state index contributed by atoms with van der Waals surface area (Å²) in [7, 11) is 0. The largest absolute Gasteiger partial charge is 0.459 e. The van der Waals surface area contributed by atoms with Crippen LogP contribution in [0.25, 0.3) is 0 Å². The van der Waals surface area contributed by atoms with Crippen LogP contribution in [0.5, 0.6) is 0 Å². The summed E-state index contributed by atoms with van der Waals surface area (Å²) in [4.78, 5) is 11.3. The molecule has 1 rings (SSSR count). The van der Waals surface area contributed by atoms with Crippen molar-refractivity contribution >= 4 is 5.97 Å². The van der Waals surface area contributed by atoms with Gasteiger partial charge in [-0.15, -0.1) is 0 Å². The summed E-state index contributed by atoms with van der Waals surface area (Å²) < 4.78 is 9.21. The van der Waals surface area contributed by atoms with Gasteiger partial charge in [0, 0.05) is 0 Å². The molecular weight excluding hydrogens is 220 g/mol. The van der Waals surface area contributed by atoms with Crippen LogP contribution in [-0.4, -0.2) is 63.7 Å². The van der Waals surface area contributed by atoms with Crippen molar-refractivity contribution < 1.29 is 34.7 Å². The van der Waals surface area contributed by atoms with Gasteiger partial charge in [-0.25, -0.2) is 4.79 Å². The molecular formula is C9H14O7. The number of hydrogen-bond acceptors (Lipinski definition) is 7. The number of aliphatic hydroxyl groups excluding tert-OH is 4. The van der Waals surface area contributed by atoms with Crippen LogP contribution in [0.3, 0.4) is 0 Å². The van der Waals surface area contributed by atoms with Crippen molar-refractivity contribution in [3.63, 3.8) is 0 Å². The summed E-state index contributed by atoms with van der Waals surface area (Å²) in [5, 5.41) is 37.0. The van der Waals surface area contributed by atoms with Crippen LogP contribution in [0, 0.1) is 0 Å². The molecule has 16 heavy (non-hydrogen) atoms. The molecule has 0 aliphatic carbocycles. The van der Waals surface area contributed by atoms with Gasteiger partial charge in [-0.3, -0.25) is 0 Å². The van der Waals surface area contributed by atoms with Crippen LogP contribution in [-0.2, 0) is 14.3 Å². The van der Waals surface area contributed by atoms with Gasteiger partial charge < -0.3 is 29.9 Å². The number of ether oxygens (including phenoxy) is 2. The Balaban J connectivity index is 2.66. The van der Waals surface area contributed by atoms with E-state index in [1.807, 2.05) is 0 Å². The molecule has 92 valence electrons. The third-order valence-electron chi connectivity index (χ3n) is 2.16. The van der Waals surface area contributed by atoms with Crippen molar-refractivity contribution in [3.05, 3.63) is 12.7 Å². The molecule has 4 N–H and O–H groups in total. The molecule has 0 amide bonds. The van der Waals surface area contributed by atoms with Crippen LogP contribution in [0.15, 0.2) is 12.7 Å². The SMILES string of the molecule is C=CCOC(=O)[C@H]1O[C@H](O)[C@H](O)[C@@H](O)[C@@H]1O. The van der Waals surface area contributed by atoms with Crippen LogP contribution in [0.2, 0.25) is 0 Å². The molecule has 0 unspecified atom stereocenters. The van der Waals surface area contributed by atoms with E-state index in [0.717, 1.165) is 0 Å². The normalized spacial score (nSPS) is 39.1. The second-order valence-electron chi connectivity index (χ2n) is 3.34. The first-order chi connectivity index (χ1) is 7.49. The van der Waals surface area contributed by atoms with Crippen molar-refractivity contribution in [3.8, 4) is 0 Å². The Labute approximate surface area is 91.5 Å². The third-order valence-corrected chi connectivity index (χ3v) is 2.16. The Morgan fingerprint density at radius 3 is 2.44 bits per heavy atom. The van der Waals surface area contributed by atoms with E-state index in [1.165, 1.54) is 6.08 Å². The summed E-state index contributed by atoms with van der Waals surface area (Å²) in [5.41, 5.74) is 0. The van der Waals surface area contributed by atoms with Crippen LogP contribution < -0.4 is 0 Å². The quantitative estimate of drug-likeness (QED) is 0.315. The topological polar surface area (TPSA) is 116 Å². The Morgan fingerprint density at radius 1 is 1.25 bits per heavy atom. The van der Waals surface area contributed by atoms with Crippen LogP contribution >= 0.6 is 0 Å². The summed E-state index contributed by atoms with van der Waals surface area (Å²) in [6.45, 7) is 3.24. The van der Waals surface area contributed by atoms with Gasteiger partial charge in [0.15, 0.2) is 12.4 Å². The highest BCUT2D eigenvalue weighted by atomic mass is 16.7. The maximum atomic E-state index is 11.3. The zero-order valence-corrected chi connectivity index (χ0v) is 8.39. The van der Waals surface area contributed by atoms with Gasteiger partial charge in [0.25, 0.3) is 0 Å². The molecule has 7 nitrogen and oxygen atoms in total. The summed E-state index contributed by atoms with van der Waals surface area (Å²) in [5.74, 6) is -0.947. The number of aliphatic hydroxyl groups is 4. The lowest BCUT2D eigenvalue weighted by molar-refractivity contribution is -0.280. The van der Waals surface area contributed by atoms with E-state index in [2.05, 4.69) is 16.1 Å². The standard InChI is InChI=1S/C9H14O7/c1-2-3-15-9(14)7-5(11)4(10)6(12)8(13)16-7/h2,4-8,10-13H,1,3H2/t4-,5-,6+,7-,8-/m0/s1. The van der Waals surface area contributed by atoms with Crippen molar-refractivity contribution in [2.45, 2.75) is 30.7 Å². The van der Waals surface area contributed by atoms with Crippen molar-refractivity contribution in [1.29, 1.82) is 0 Å². The highest BCUT2D eigenvalue weighted by Crippen LogP contribution is 2.20. The first-order valence-corrected chi connectivity index (χ1v) is 4.64. The number of hydrogen-bond donors (Lipinski definition) is 4. The minimum Gasteiger partial charge on any atom is -0.459 e. The summed E-state index contributed by atoms with van der Waals surface area (Å²) in [6, 6.07) is 0. The molecule has 1 fully saturated rings. The predicted octanol–water partition coefficient (Wildman–Crippen LogP) is -2.48. The highest BCUT2D eigenvalue weighted by molar-refractivity contribution is 5.75. The molecule has 7 heteroatoms. The van der Waals surface area contributed by atoms with Crippen LogP contribution in [0.4, 0.5) is 0 Å². The zero-order chi connectivity index (χ0) is 12.3. The molecule has 1 aliphatic rings. The second-order valence-corrected chi connectivity index (χ2v) is 3.34. The lowest BCUT2D eigenvalue weighted by Crippen LogP contribution is -2.59. The molecule has 0 aromatic carbocycles. The van der Waals surface area contributed by atoms with Gasteiger partial charge in [0.05, 0.1) is 0 Å². The Morgan fingerprint density at radius 2 is 1.88 bits per heavy atom. The summed E-state index contributed by atoms with van der Waals surface area (Å²) >= 11 is 0. The average Bonchev–Trinajstić information content (AvgIpc) is 2.28. The highest BCUT2D eigenvalue weighted by Gasteiger charge is 2.46. The summed E-state index contributed by atoms with van der Waals surface area (Å²) in [6.07, 6.45) is -6.97. The molecule has 5 atom stereocenters. The fourth-order valence-electron chi connectivity index (χ4n) is 1.28. The van der Waals surface area contributed by atoms with Gasteiger partial charge in [0.1, 0.15) is 24.9 Å². The number of carbonyl (C=O) groups excluding carboxylic acids is 1. The van der Waals surface area contributed by atoms with Gasteiger partial charge in [-0.05, 0) is 0 Å². The molecule has 1 aliphatic heterocycles. The van der Waals surface area contributed by atoms with E-state index in [1.54, 1.807) is 0 Å². The minimum absolute atomic E-state index is 0.0832. The molecule has 0 aromatic rings. The molecule has 0 spiro atoms. The van der Waals surface area contributed by atoms with Gasteiger partial charge in [0.2, 0.25) is 0 Å². The number of esters is 1. The fraction of sp³-hybridized carbons (Fsp3) is 0.667. The van der Waals surface area contributed by atoms with Crippen LogP contribution in [0.1, 0.15) is 0 Å². The molecule has 0 bridgehead atoms. The molecule has 0 aromatic heterocycles. The maximum absolute atomic E-state index is 11.3. The Hall–Kier alpha value is -0.990. The predicted molar refractivity (Wildman–Crippen MR) is 50.1 cm³/mol. The van der Waals surface area contributed by atoms with E-state index in [4.69, 9.17) is 10.2 Å². The molecule has 1 saturated heterocycles. The third kappa shape index (κ3) is 2.57. The van der Waals surface area contributed by atoms with Crippen molar-refractivity contribution in [2.24, 2.45) is 0 Å². The van der Waals surface area contributed by atoms with E-state index in [-0.39, 0.29) is 6.61 Å². The Bertz CT molecular complexity index is 267. The Kier molecular flexibility index (Phi) is 4.39. The van der Waals surface area contributed by atoms with Crippen molar-refractivity contribution in [1.82, 2.24) is 0 Å². The smallest absolute Gasteiger partial charge is 0.338 e. The molecule has 0 saturated carbocycles. The molecule has 1 heterocycles. The first kappa shape index (κ1) is 13.1. The number of carbonyl (C=O) groups is 1. The minimum atomic E-state index is -1.75. The van der Waals surface area contributed by atoms with Gasteiger partial charge in [-0.1, -0.05) is 12.7 Å². The maximum Gasteiger partial charge on any atom is 0.338 e. The van der Waals surface area contributed by atoms with E-state index >= 15 is 0 Å².